The summed E-state index contributed by atoms with van der Waals surface area (Å²) in [6, 6.07) is 8.90. The molecule has 2 aromatic heterocycles. The number of H-pyrrole nitrogens is 2. The maximum Gasteiger partial charge on any atom is 0.276 e. The number of rotatable bonds is 7. The van der Waals surface area contributed by atoms with Crippen molar-refractivity contribution in [2.45, 2.75) is 37.6 Å². The van der Waals surface area contributed by atoms with Gasteiger partial charge in [-0.05, 0) is 50.4 Å². The number of sulfonamides is 1. The van der Waals surface area contributed by atoms with Gasteiger partial charge in [-0.3, -0.25) is 19.8 Å². The van der Waals surface area contributed by atoms with E-state index in [4.69, 9.17) is 0 Å². The lowest BCUT2D eigenvalue weighted by molar-refractivity contribution is 0.102. The van der Waals surface area contributed by atoms with Crippen LogP contribution in [-0.4, -0.2) is 89.6 Å². The van der Waals surface area contributed by atoms with E-state index in [0.29, 0.717) is 23.0 Å². The number of aromatic nitrogens is 4. The second kappa shape index (κ2) is 12.2. The number of anilines is 3. The van der Waals surface area contributed by atoms with E-state index in [2.05, 4.69) is 40.8 Å². The van der Waals surface area contributed by atoms with Crippen molar-refractivity contribution in [3.8, 4) is 0 Å². The molecule has 2 aliphatic rings. The van der Waals surface area contributed by atoms with Gasteiger partial charge in [-0.1, -0.05) is 13.8 Å². The third kappa shape index (κ3) is 6.48. The van der Waals surface area contributed by atoms with Crippen molar-refractivity contribution in [2.75, 3.05) is 55.3 Å². The van der Waals surface area contributed by atoms with Gasteiger partial charge in [0.05, 0.1) is 16.1 Å². The third-order valence-corrected chi connectivity index (χ3v) is 10.2. The Morgan fingerprint density at radius 3 is 2.28 bits per heavy atom. The molecule has 0 aliphatic carbocycles. The van der Waals surface area contributed by atoms with Crippen molar-refractivity contribution < 1.29 is 26.8 Å². The summed E-state index contributed by atoms with van der Waals surface area (Å²) in [4.78, 5) is 30.8. The second-order valence-electron chi connectivity index (χ2n) is 12.6. The second-order valence-corrected chi connectivity index (χ2v) is 14.5. The molecule has 0 radical (unpaired) electrons. The van der Waals surface area contributed by atoms with Crippen LogP contribution in [0.15, 0.2) is 47.4 Å². The molecule has 2 aliphatic heterocycles. The zero-order chi connectivity index (χ0) is 33.7. The number of halogens is 2. The third-order valence-electron chi connectivity index (χ3n) is 8.46. The fourth-order valence-electron chi connectivity index (χ4n) is 5.92. The Bertz CT molecular complexity index is 1950. The van der Waals surface area contributed by atoms with Gasteiger partial charge in [0.2, 0.25) is 10.0 Å². The van der Waals surface area contributed by atoms with E-state index in [1.54, 1.807) is 39.0 Å². The fraction of sp³-hybridized carbons (Fsp3) is 0.355. The summed E-state index contributed by atoms with van der Waals surface area (Å²) >= 11 is 0. The first kappa shape index (κ1) is 32.3. The number of nitrogens with zero attached hydrogens (tertiary/aromatic N) is 5. The highest BCUT2D eigenvalue weighted by molar-refractivity contribution is 7.89. The predicted octanol–water partition coefficient (Wildman–Crippen LogP) is 3.46. The number of amides is 2. The van der Waals surface area contributed by atoms with Crippen LogP contribution in [0.3, 0.4) is 0 Å². The first-order valence-electron chi connectivity index (χ1n) is 15.0. The summed E-state index contributed by atoms with van der Waals surface area (Å²) in [5, 5.41) is 19.6. The van der Waals surface area contributed by atoms with Gasteiger partial charge in [-0.2, -0.15) is 14.5 Å². The van der Waals surface area contributed by atoms with Crippen molar-refractivity contribution in [3.05, 3.63) is 82.3 Å². The highest BCUT2D eigenvalue weighted by atomic mass is 32.2. The van der Waals surface area contributed by atoms with Crippen molar-refractivity contribution in [3.63, 3.8) is 0 Å². The quantitative estimate of drug-likeness (QED) is 0.233. The van der Waals surface area contributed by atoms with Crippen LogP contribution in [0.2, 0.25) is 0 Å². The first-order valence-corrected chi connectivity index (χ1v) is 16.4. The lowest BCUT2D eigenvalue weighted by Gasteiger charge is -2.36. The summed E-state index contributed by atoms with van der Waals surface area (Å²) in [6.07, 6.45) is 0. The first-order chi connectivity index (χ1) is 22.2. The summed E-state index contributed by atoms with van der Waals surface area (Å²) in [7, 11) is -2.28. The smallest absolute Gasteiger partial charge is 0.276 e. The number of carbonyl (C=O) groups is 2. The molecule has 1 saturated heterocycles. The number of carbonyl (C=O) groups excluding carboxylic acids is 2. The van der Waals surface area contributed by atoms with Crippen LogP contribution >= 0.6 is 0 Å². The number of piperazine rings is 1. The SMILES string of the molecule is Cc1cc(C(=O)Nc2cc(N3CCN(C)CC3)ccc2C(=O)Nc2n[nH]c3c2CN(S(=O)(=O)c2cc(F)cc(F)c2)CC3(C)C)n[nH]1. The minimum Gasteiger partial charge on any atom is -0.369 e. The predicted molar refractivity (Wildman–Crippen MR) is 171 cm³/mol. The molecule has 0 bridgehead atoms. The number of fused-ring (bicyclic) bond motifs is 1. The van der Waals surface area contributed by atoms with Gasteiger partial charge in [0.15, 0.2) is 11.5 Å². The Morgan fingerprint density at radius 1 is 0.915 bits per heavy atom. The monoisotopic (exact) mass is 667 g/mol. The van der Waals surface area contributed by atoms with E-state index < -0.39 is 43.8 Å². The van der Waals surface area contributed by atoms with Crippen LogP contribution < -0.4 is 15.5 Å². The lowest BCUT2D eigenvalue weighted by atomic mass is 9.84. The van der Waals surface area contributed by atoms with Gasteiger partial charge >= 0.3 is 0 Å². The molecule has 4 aromatic rings. The van der Waals surface area contributed by atoms with Gasteiger partial charge in [-0.15, -0.1) is 0 Å². The van der Waals surface area contributed by atoms with E-state index in [-0.39, 0.29) is 35.9 Å². The molecule has 2 aromatic carbocycles. The zero-order valence-electron chi connectivity index (χ0n) is 26.3. The molecule has 6 rings (SSSR count). The van der Waals surface area contributed by atoms with Crippen molar-refractivity contribution in [1.82, 2.24) is 29.6 Å². The number of aryl methyl sites for hydroxylation is 1. The molecule has 0 unspecified atom stereocenters. The van der Waals surface area contributed by atoms with Crippen LogP contribution in [0.4, 0.5) is 26.0 Å². The normalized spacial score (nSPS) is 16.9. The molecule has 2 amide bonds. The van der Waals surface area contributed by atoms with E-state index >= 15 is 0 Å². The molecule has 4 heterocycles. The number of benzene rings is 2. The van der Waals surface area contributed by atoms with Crippen molar-refractivity contribution >= 4 is 39.0 Å². The summed E-state index contributed by atoms with van der Waals surface area (Å²) in [5.74, 6) is -3.04. The van der Waals surface area contributed by atoms with Gasteiger partial charge in [0, 0.05) is 73.4 Å². The zero-order valence-corrected chi connectivity index (χ0v) is 27.1. The average molecular weight is 668 g/mol. The van der Waals surface area contributed by atoms with Gasteiger partial charge < -0.3 is 20.4 Å². The molecule has 47 heavy (non-hydrogen) atoms. The Kier molecular flexibility index (Phi) is 8.36. The minimum absolute atomic E-state index is 0.00730. The Morgan fingerprint density at radius 2 is 1.62 bits per heavy atom. The molecule has 4 N–H and O–H groups in total. The highest BCUT2D eigenvalue weighted by Gasteiger charge is 2.41. The highest BCUT2D eigenvalue weighted by Crippen LogP contribution is 2.38. The molecule has 0 spiro atoms. The van der Waals surface area contributed by atoms with Crippen molar-refractivity contribution in [2.24, 2.45) is 0 Å². The summed E-state index contributed by atoms with van der Waals surface area (Å²) < 4.78 is 56.1. The number of nitrogens with one attached hydrogen (secondary N) is 4. The van der Waals surface area contributed by atoms with E-state index in [9.17, 15) is 26.8 Å². The Labute approximate surface area is 270 Å². The number of likely N-dealkylation sites (N-methyl/N-ethyl adjacent to an activating group) is 1. The van der Waals surface area contributed by atoms with Gasteiger partial charge in [0.1, 0.15) is 11.6 Å². The molecule has 0 atom stereocenters. The number of hydrogen-bond acceptors (Lipinski definition) is 8. The lowest BCUT2D eigenvalue weighted by Crippen LogP contribution is -2.45. The van der Waals surface area contributed by atoms with Crippen LogP contribution in [0.5, 0.6) is 0 Å². The van der Waals surface area contributed by atoms with Gasteiger partial charge in [0.25, 0.3) is 11.8 Å². The molecule has 0 saturated carbocycles. The Balaban J connectivity index is 1.31. The van der Waals surface area contributed by atoms with E-state index in [0.717, 1.165) is 48.3 Å². The number of hydrogen-bond donors (Lipinski definition) is 4. The molecule has 13 nitrogen and oxygen atoms in total. The largest absolute Gasteiger partial charge is 0.369 e. The van der Waals surface area contributed by atoms with Crippen LogP contribution in [0, 0.1) is 18.6 Å². The molecule has 1 fully saturated rings. The number of aromatic amines is 2. The molecular formula is C31H35F2N9O4S. The Hall–Kier alpha value is -4.67. The topological polar surface area (TPSA) is 159 Å². The summed E-state index contributed by atoms with van der Waals surface area (Å²) in [5.41, 5.74) is 2.30. The minimum atomic E-state index is -4.32. The van der Waals surface area contributed by atoms with Crippen LogP contribution in [-0.2, 0) is 22.0 Å². The van der Waals surface area contributed by atoms with Crippen LogP contribution in [0.1, 0.15) is 51.6 Å². The maximum absolute atomic E-state index is 14.0. The standard InChI is InChI=1S/C31H35F2N9O4S/c1-18-11-26(37-36-18)30(44)34-25-15-21(41-9-7-40(4)8-10-41)5-6-23(25)29(43)35-28-24-16-42(17-31(2,3)27(24)38-39-28)47(45,46)22-13-19(32)12-20(33)14-22/h5-6,11-15H,7-10,16-17H2,1-4H3,(H,34,44)(H,36,37)(H2,35,38,39,43). The van der Waals surface area contributed by atoms with Gasteiger partial charge in [-0.25, -0.2) is 17.2 Å². The molecule has 16 heteroatoms. The van der Waals surface area contributed by atoms with E-state index in [1.165, 1.54) is 0 Å². The van der Waals surface area contributed by atoms with Crippen molar-refractivity contribution in [1.29, 1.82) is 0 Å². The maximum atomic E-state index is 14.0. The van der Waals surface area contributed by atoms with E-state index in [1.807, 2.05) is 13.1 Å². The summed E-state index contributed by atoms with van der Waals surface area (Å²) in [6.45, 7) is 8.40. The molecular weight excluding hydrogens is 632 g/mol. The van der Waals surface area contributed by atoms with Crippen LogP contribution in [0.25, 0.3) is 0 Å². The fourth-order valence-corrected chi connectivity index (χ4v) is 7.53. The average Bonchev–Trinajstić information content (AvgIpc) is 3.63. The molecule has 248 valence electrons.